The molecule has 1 atom stereocenters. The smallest absolute Gasteiger partial charge is 0.239 e. The second-order valence-electron chi connectivity index (χ2n) is 6.22. The molecule has 0 spiro atoms. The molecule has 1 aromatic carbocycles. The van der Waals surface area contributed by atoms with Gasteiger partial charge in [-0.15, -0.1) is 0 Å². The van der Waals surface area contributed by atoms with Crippen LogP contribution < -0.4 is 4.90 Å². The number of benzene rings is 1. The molecule has 5 nitrogen and oxygen atoms in total. The third-order valence-corrected chi connectivity index (χ3v) is 4.63. The van der Waals surface area contributed by atoms with Crippen LogP contribution in [0.4, 0.5) is 5.69 Å². The Kier molecular flexibility index (Phi) is 4.16. The van der Waals surface area contributed by atoms with E-state index in [0.29, 0.717) is 38.9 Å². The molecule has 22 heavy (non-hydrogen) atoms. The second kappa shape index (κ2) is 6.08. The zero-order valence-electron chi connectivity index (χ0n) is 12.9. The van der Waals surface area contributed by atoms with E-state index in [9.17, 15) is 14.7 Å². The minimum atomic E-state index is -0.559. The third kappa shape index (κ3) is 2.86. The maximum atomic E-state index is 12.6. The van der Waals surface area contributed by atoms with Crippen molar-refractivity contribution in [3.8, 4) is 0 Å². The summed E-state index contributed by atoms with van der Waals surface area (Å²) in [6.07, 6.45) is 1.47. The van der Waals surface area contributed by atoms with Crippen molar-refractivity contribution in [2.24, 2.45) is 5.92 Å². The molecule has 0 aromatic heterocycles. The summed E-state index contributed by atoms with van der Waals surface area (Å²) in [5.41, 5.74) is 2.01. The lowest BCUT2D eigenvalue weighted by Crippen LogP contribution is -2.45. The average Bonchev–Trinajstić information content (AvgIpc) is 2.90. The van der Waals surface area contributed by atoms with Crippen molar-refractivity contribution in [1.82, 2.24) is 4.90 Å². The predicted octanol–water partition coefficient (Wildman–Crippen LogP) is 1.33. The molecule has 2 heterocycles. The van der Waals surface area contributed by atoms with Gasteiger partial charge in [0.2, 0.25) is 11.8 Å². The molecule has 0 bridgehead atoms. The fourth-order valence-electron chi connectivity index (χ4n) is 3.20. The number of aliphatic hydroxyl groups is 1. The van der Waals surface area contributed by atoms with Gasteiger partial charge < -0.3 is 14.9 Å². The lowest BCUT2D eigenvalue weighted by molar-refractivity contribution is -0.141. The Morgan fingerprint density at radius 1 is 1.09 bits per heavy atom. The minimum absolute atomic E-state index is 0.0773. The first-order chi connectivity index (χ1) is 10.6. The quantitative estimate of drug-likeness (QED) is 0.839. The Morgan fingerprint density at radius 3 is 2.36 bits per heavy atom. The lowest BCUT2D eigenvalue weighted by Gasteiger charge is -2.31. The number of nitrogens with zero attached hydrogens (tertiary/aromatic N) is 2. The van der Waals surface area contributed by atoms with Gasteiger partial charge in [0.05, 0.1) is 6.10 Å². The highest BCUT2D eigenvalue weighted by molar-refractivity contribution is 6.09. The topological polar surface area (TPSA) is 60.9 Å². The van der Waals surface area contributed by atoms with Gasteiger partial charge in [0.25, 0.3) is 0 Å². The van der Waals surface area contributed by atoms with E-state index in [-0.39, 0.29) is 17.9 Å². The number of hydrogen-bond acceptors (Lipinski definition) is 3. The zero-order valence-corrected chi connectivity index (χ0v) is 12.9. The van der Waals surface area contributed by atoms with Crippen molar-refractivity contribution in [1.29, 1.82) is 0 Å². The van der Waals surface area contributed by atoms with Crippen LogP contribution in [-0.2, 0) is 9.59 Å². The minimum Gasteiger partial charge on any atom is -0.393 e. The number of hydrogen-bond donors (Lipinski definition) is 1. The molecule has 2 aliphatic heterocycles. The van der Waals surface area contributed by atoms with Gasteiger partial charge in [-0.3, -0.25) is 9.59 Å². The monoisotopic (exact) mass is 302 g/mol. The fraction of sp³-hybridized carbons (Fsp3) is 0.529. The highest BCUT2D eigenvalue weighted by Crippen LogP contribution is 2.27. The number of amides is 2. The maximum absolute atomic E-state index is 12.6. The van der Waals surface area contributed by atoms with E-state index in [1.54, 1.807) is 9.80 Å². The number of carbonyl (C=O) groups is 2. The number of aryl methyl sites for hydroxylation is 1. The van der Waals surface area contributed by atoms with Gasteiger partial charge in [-0.05, 0) is 38.3 Å². The zero-order chi connectivity index (χ0) is 15.7. The van der Waals surface area contributed by atoms with Crippen LogP contribution in [0.25, 0.3) is 0 Å². The molecule has 118 valence electrons. The molecule has 2 saturated heterocycles. The number of piperidine rings is 1. The van der Waals surface area contributed by atoms with Gasteiger partial charge in [-0.1, -0.05) is 17.7 Å². The van der Waals surface area contributed by atoms with Crippen LogP contribution in [-0.4, -0.2) is 47.6 Å². The number of rotatable bonds is 2. The van der Waals surface area contributed by atoms with E-state index in [1.165, 1.54) is 0 Å². The lowest BCUT2D eigenvalue weighted by atomic mass is 10.0. The summed E-state index contributed by atoms with van der Waals surface area (Å²) in [5, 5.41) is 9.53. The summed E-state index contributed by atoms with van der Waals surface area (Å²) in [7, 11) is 0. The molecule has 5 heteroatoms. The van der Waals surface area contributed by atoms with Crippen LogP contribution in [0.1, 0.15) is 24.8 Å². The highest BCUT2D eigenvalue weighted by Gasteiger charge is 2.40. The van der Waals surface area contributed by atoms with Crippen LogP contribution in [0.5, 0.6) is 0 Å². The van der Waals surface area contributed by atoms with E-state index in [1.807, 2.05) is 31.2 Å². The Labute approximate surface area is 130 Å². The van der Waals surface area contributed by atoms with E-state index < -0.39 is 5.92 Å². The van der Waals surface area contributed by atoms with E-state index >= 15 is 0 Å². The Balaban J connectivity index is 1.68. The summed E-state index contributed by atoms with van der Waals surface area (Å²) in [4.78, 5) is 28.6. The van der Waals surface area contributed by atoms with Gasteiger partial charge in [-0.2, -0.15) is 0 Å². The Morgan fingerprint density at radius 2 is 1.73 bits per heavy atom. The van der Waals surface area contributed by atoms with Gasteiger partial charge in [0, 0.05) is 25.3 Å². The number of anilines is 1. The molecule has 2 amide bonds. The highest BCUT2D eigenvalue weighted by atomic mass is 16.3. The molecule has 0 aliphatic carbocycles. The van der Waals surface area contributed by atoms with Crippen LogP contribution in [0.15, 0.2) is 24.3 Å². The fourth-order valence-corrected chi connectivity index (χ4v) is 3.20. The van der Waals surface area contributed by atoms with E-state index in [0.717, 1.165) is 11.3 Å². The molecule has 0 saturated carbocycles. The number of aliphatic hydroxyl groups excluding tert-OH is 1. The molecule has 2 fully saturated rings. The van der Waals surface area contributed by atoms with Gasteiger partial charge in [0.1, 0.15) is 5.92 Å². The van der Waals surface area contributed by atoms with Crippen LogP contribution in [0.3, 0.4) is 0 Å². The van der Waals surface area contributed by atoms with Crippen molar-refractivity contribution >= 4 is 17.5 Å². The van der Waals surface area contributed by atoms with Crippen LogP contribution in [0, 0.1) is 12.8 Å². The van der Waals surface area contributed by atoms with Crippen molar-refractivity contribution in [2.45, 2.75) is 32.3 Å². The SMILES string of the molecule is Cc1ccc(N2CCC(C(=O)N3CCC(O)CC3)C2=O)cc1. The van der Waals surface area contributed by atoms with Crippen molar-refractivity contribution in [2.75, 3.05) is 24.5 Å². The number of carbonyl (C=O) groups excluding carboxylic acids is 2. The Hall–Kier alpha value is -1.88. The normalized spacial score (nSPS) is 23.2. The average molecular weight is 302 g/mol. The molecular weight excluding hydrogens is 280 g/mol. The van der Waals surface area contributed by atoms with E-state index in [2.05, 4.69) is 0 Å². The summed E-state index contributed by atoms with van der Waals surface area (Å²) in [6, 6.07) is 7.81. The molecular formula is C17H22N2O3. The summed E-state index contributed by atoms with van der Waals surface area (Å²) in [6.45, 7) is 3.70. The van der Waals surface area contributed by atoms with Crippen LogP contribution >= 0.6 is 0 Å². The molecule has 2 aliphatic rings. The number of likely N-dealkylation sites (tertiary alicyclic amines) is 1. The van der Waals surface area contributed by atoms with Gasteiger partial charge >= 0.3 is 0 Å². The predicted molar refractivity (Wildman–Crippen MR) is 83.5 cm³/mol. The first-order valence-corrected chi connectivity index (χ1v) is 7.91. The maximum Gasteiger partial charge on any atom is 0.239 e. The first kappa shape index (κ1) is 15.0. The van der Waals surface area contributed by atoms with Gasteiger partial charge in [-0.25, -0.2) is 0 Å². The Bertz CT molecular complexity index is 562. The van der Waals surface area contributed by atoms with E-state index in [4.69, 9.17) is 0 Å². The van der Waals surface area contributed by atoms with Crippen molar-refractivity contribution in [3.63, 3.8) is 0 Å². The van der Waals surface area contributed by atoms with Crippen molar-refractivity contribution in [3.05, 3.63) is 29.8 Å². The van der Waals surface area contributed by atoms with Crippen LogP contribution in [0.2, 0.25) is 0 Å². The molecule has 1 aromatic rings. The molecule has 1 N–H and O–H groups in total. The van der Waals surface area contributed by atoms with Crippen molar-refractivity contribution < 1.29 is 14.7 Å². The summed E-state index contributed by atoms with van der Waals surface area (Å²) < 4.78 is 0. The second-order valence-corrected chi connectivity index (χ2v) is 6.22. The third-order valence-electron chi connectivity index (χ3n) is 4.63. The first-order valence-electron chi connectivity index (χ1n) is 7.91. The van der Waals surface area contributed by atoms with Gasteiger partial charge in [0.15, 0.2) is 0 Å². The largest absolute Gasteiger partial charge is 0.393 e. The molecule has 3 rings (SSSR count). The molecule has 1 unspecified atom stereocenters. The summed E-state index contributed by atoms with van der Waals surface area (Å²) in [5.74, 6) is -0.733. The standard InChI is InChI=1S/C17H22N2O3/c1-12-2-4-13(5-3-12)19-11-8-15(17(19)22)16(21)18-9-6-14(20)7-10-18/h2-5,14-15,20H,6-11H2,1H3. The summed E-state index contributed by atoms with van der Waals surface area (Å²) >= 11 is 0. The molecule has 0 radical (unpaired) electrons.